The molecule has 0 saturated heterocycles. The monoisotopic (exact) mass is 396 g/mol. The van der Waals surface area contributed by atoms with Crippen molar-refractivity contribution in [3.8, 4) is 11.5 Å². The summed E-state index contributed by atoms with van der Waals surface area (Å²) in [7, 11) is 0. The van der Waals surface area contributed by atoms with Crippen molar-refractivity contribution in [2.75, 3.05) is 11.2 Å². The molecule has 0 bridgehead atoms. The largest absolute Gasteiger partial charge is 0.411 e. The zero-order valence-corrected chi connectivity index (χ0v) is 13.8. The number of halogens is 1. The molecule has 2 N–H and O–H groups in total. The van der Waals surface area contributed by atoms with E-state index < -0.39 is 11.6 Å². The van der Waals surface area contributed by atoms with Gasteiger partial charge in [-0.2, -0.15) is 9.77 Å². The third-order valence-corrected chi connectivity index (χ3v) is 3.91. The molecule has 9 nitrogen and oxygen atoms in total. The fraction of sp³-hybridized carbons (Fsp3) is 0.0833. The molecule has 0 aliphatic carbocycles. The van der Waals surface area contributed by atoms with Gasteiger partial charge in [0.05, 0.1) is 5.75 Å². The number of nitrogens with one attached hydrogen (secondary N) is 2. The minimum Gasteiger partial charge on any atom is -0.411 e. The van der Waals surface area contributed by atoms with Crippen molar-refractivity contribution in [1.82, 2.24) is 25.1 Å². The highest BCUT2D eigenvalue weighted by atomic mass is 79.9. The third kappa shape index (κ3) is 3.87. The van der Waals surface area contributed by atoms with E-state index in [1.807, 2.05) is 24.3 Å². The number of rotatable bonds is 5. The first-order valence-electron chi connectivity index (χ1n) is 6.26. The molecule has 0 radical (unpaired) electrons. The fourth-order valence-corrected chi connectivity index (χ4v) is 2.58. The number of thioether (sulfide) groups is 1. The van der Waals surface area contributed by atoms with Gasteiger partial charge >= 0.3 is 5.69 Å². The lowest BCUT2D eigenvalue weighted by Gasteiger charge is -2.01. The summed E-state index contributed by atoms with van der Waals surface area (Å²) in [5.74, 6) is -0.0291. The number of benzene rings is 1. The van der Waals surface area contributed by atoms with Gasteiger partial charge in [-0.3, -0.25) is 10.2 Å². The molecule has 0 aliphatic rings. The number of nitrogens with zero attached hydrogens (tertiary/aromatic N) is 4. The van der Waals surface area contributed by atoms with Crippen LogP contribution in [0.1, 0.15) is 0 Å². The van der Waals surface area contributed by atoms with Crippen molar-refractivity contribution in [3.05, 3.63) is 45.5 Å². The van der Waals surface area contributed by atoms with Crippen LogP contribution in [0.2, 0.25) is 0 Å². The maximum Gasteiger partial charge on any atom is 0.362 e. The lowest BCUT2D eigenvalue weighted by atomic mass is 10.2. The molecule has 1 aromatic carbocycles. The van der Waals surface area contributed by atoms with Crippen molar-refractivity contribution in [1.29, 1.82) is 0 Å². The molecule has 2 aromatic heterocycles. The van der Waals surface area contributed by atoms with Crippen molar-refractivity contribution in [2.45, 2.75) is 5.22 Å². The van der Waals surface area contributed by atoms with E-state index in [0.29, 0.717) is 5.89 Å². The molecule has 1 amide bonds. The summed E-state index contributed by atoms with van der Waals surface area (Å²) in [6, 6.07) is 7.43. The Kier molecular flexibility index (Phi) is 4.57. The normalized spacial score (nSPS) is 10.7. The van der Waals surface area contributed by atoms with E-state index in [1.54, 1.807) is 0 Å². The van der Waals surface area contributed by atoms with E-state index in [2.05, 4.69) is 41.8 Å². The molecule has 2 heterocycles. The van der Waals surface area contributed by atoms with E-state index in [9.17, 15) is 9.59 Å². The second-order valence-corrected chi connectivity index (χ2v) is 6.08. The molecule has 3 aromatic rings. The lowest BCUT2D eigenvalue weighted by Crippen LogP contribution is -2.31. The zero-order chi connectivity index (χ0) is 16.2. The quantitative estimate of drug-likeness (QED) is 0.622. The third-order valence-electron chi connectivity index (χ3n) is 2.60. The predicted octanol–water partition coefficient (Wildman–Crippen LogP) is 1.25. The number of hydrogen-bond donors (Lipinski definition) is 2. The van der Waals surface area contributed by atoms with Gasteiger partial charge in [0.1, 0.15) is 6.33 Å². The Bertz CT molecular complexity index is 889. The molecular formula is C12H9BrN6O3S. The number of carbonyl (C=O) groups excluding carboxylic acids is 1. The molecule has 0 atom stereocenters. The Morgan fingerprint density at radius 1 is 1.43 bits per heavy atom. The maximum atomic E-state index is 11.7. The Hall–Kier alpha value is -2.40. The van der Waals surface area contributed by atoms with Gasteiger partial charge in [-0.25, -0.2) is 9.89 Å². The van der Waals surface area contributed by atoms with Crippen LogP contribution in [0.3, 0.4) is 0 Å². The second-order valence-electron chi connectivity index (χ2n) is 4.24. The summed E-state index contributed by atoms with van der Waals surface area (Å²) < 4.78 is 7.33. The number of hydrogen-bond acceptors (Lipinski definition) is 7. The molecule has 0 spiro atoms. The number of carbonyl (C=O) groups is 1. The Morgan fingerprint density at radius 2 is 2.30 bits per heavy atom. The summed E-state index contributed by atoms with van der Waals surface area (Å²) in [5, 5.41) is 13.7. The average molecular weight is 397 g/mol. The molecule has 23 heavy (non-hydrogen) atoms. The fourth-order valence-electron chi connectivity index (χ4n) is 1.63. The van der Waals surface area contributed by atoms with Crippen molar-refractivity contribution < 1.29 is 9.21 Å². The van der Waals surface area contributed by atoms with Crippen LogP contribution in [-0.2, 0) is 4.79 Å². The van der Waals surface area contributed by atoms with Crippen molar-refractivity contribution in [3.63, 3.8) is 0 Å². The van der Waals surface area contributed by atoms with Gasteiger partial charge in [0, 0.05) is 10.0 Å². The van der Waals surface area contributed by atoms with Crippen LogP contribution >= 0.6 is 27.7 Å². The highest BCUT2D eigenvalue weighted by molar-refractivity contribution is 9.10. The van der Waals surface area contributed by atoms with Gasteiger partial charge in [-0.05, 0) is 18.2 Å². The first-order valence-corrected chi connectivity index (χ1v) is 8.04. The first-order chi connectivity index (χ1) is 11.1. The summed E-state index contributed by atoms with van der Waals surface area (Å²) in [6.07, 6.45) is 1.17. The highest BCUT2D eigenvalue weighted by Gasteiger charge is 2.12. The molecular weight excluding hydrogens is 388 g/mol. The minimum absolute atomic E-state index is 0.0116. The number of amides is 1. The van der Waals surface area contributed by atoms with Crippen LogP contribution in [0.25, 0.3) is 11.5 Å². The summed E-state index contributed by atoms with van der Waals surface area (Å²) >= 11 is 4.43. The van der Waals surface area contributed by atoms with E-state index in [4.69, 9.17) is 4.42 Å². The molecule has 11 heteroatoms. The van der Waals surface area contributed by atoms with Crippen LogP contribution in [0.15, 0.2) is 49.5 Å². The van der Waals surface area contributed by atoms with Gasteiger partial charge in [0.2, 0.25) is 11.8 Å². The first kappa shape index (κ1) is 15.5. The molecule has 0 unspecified atom stereocenters. The summed E-state index contributed by atoms with van der Waals surface area (Å²) in [5.41, 5.74) is 2.60. The van der Waals surface area contributed by atoms with E-state index in [1.165, 1.54) is 6.33 Å². The molecule has 0 saturated carbocycles. The highest BCUT2D eigenvalue weighted by Crippen LogP contribution is 2.25. The molecule has 0 fully saturated rings. The Balaban J connectivity index is 1.60. The van der Waals surface area contributed by atoms with E-state index in [0.717, 1.165) is 26.5 Å². The average Bonchev–Trinajstić information content (AvgIpc) is 3.15. The van der Waals surface area contributed by atoms with Crippen LogP contribution in [0.5, 0.6) is 0 Å². The van der Waals surface area contributed by atoms with Gasteiger partial charge in [0.15, 0.2) is 0 Å². The maximum absolute atomic E-state index is 11.7. The smallest absolute Gasteiger partial charge is 0.362 e. The summed E-state index contributed by atoms with van der Waals surface area (Å²) in [4.78, 5) is 22.9. The summed E-state index contributed by atoms with van der Waals surface area (Å²) in [6.45, 7) is 0. The zero-order valence-electron chi connectivity index (χ0n) is 11.4. The van der Waals surface area contributed by atoms with Crippen LogP contribution in [0, 0.1) is 0 Å². The SMILES string of the molecule is O=C(CSc1nnc(-c2cccc(Br)c2)o1)Nn1cn[nH]c1=O. The standard InChI is InChI=1S/C12H9BrN6O3S/c13-8-3-1-2-7(4-8)10-15-17-12(22-10)23-5-9(20)18-19-6-14-16-11(19)21/h1-4,6H,5H2,(H,16,21)(H,18,20). The predicted molar refractivity (Wildman–Crippen MR) is 85.4 cm³/mol. The topological polar surface area (TPSA) is 119 Å². The number of H-pyrrole nitrogens is 1. The Labute approximate surface area is 141 Å². The van der Waals surface area contributed by atoms with Crippen LogP contribution in [-0.4, -0.2) is 36.7 Å². The second kappa shape index (κ2) is 6.79. The van der Waals surface area contributed by atoms with Gasteiger partial charge in [-0.15, -0.1) is 10.2 Å². The molecule has 118 valence electrons. The number of aromatic nitrogens is 5. The van der Waals surface area contributed by atoms with Crippen molar-refractivity contribution >= 4 is 33.6 Å². The van der Waals surface area contributed by atoms with Crippen LogP contribution < -0.4 is 11.1 Å². The minimum atomic E-state index is -0.530. The molecule has 3 rings (SSSR count). The molecule has 0 aliphatic heterocycles. The lowest BCUT2D eigenvalue weighted by molar-refractivity contribution is -0.114. The Morgan fingerprint density at radius 3 is 3.04 bits per heavy atom. The van der Waals surface area contributed by atoms with Crippen LogP contribution in [0.4, 0.5) is 0 Å². The van der Waals surface area contributed by atoms with E-state index >= 15 is 0 Å². The van der Waals surface area contributed by atoms with Crippen molar-refractivity contribution in [2.24, 2.45) is 0 Å². The van der Waals surface area contributed by atoms with Gasteiger partial charge in [-0.1, -0.05) is 33.8 Å². The van der Waals surface area contributed by atoms with Gasteiger partial charge in [0.25, 0.3) is 5.22 Å². The van der Waals surface area contributed by atoms with Gasteiger partial charge < -0.3 is 4.42 Å². The van der Waals surface area contributed by atoms with E-state index in [-0.39, 0.29) is 11.0 Å². The number of aromatic amines is 1.